The zero-order chi connectivity index (χ0) is 17.8. The number of amides is 1. The molecule has 0 radical (unpaired) electrons. The summed E-state index contributed by atoms with van der Waals surface area (Å²) in [6.45, 7) is 3.44. The van der Waals surface area contributed by atoms with Crippen molar-refractivity contribution in [1.29, 1.82) is 0 Å². The van der Waals surface area contributed by atoms with Crippen molar-refractivity contribution in [2.75, 3.05) is 25.5 Å². The number of likely N-dealkylation sites (tertiary alicyclic amines) is 1. The average molecular weight is 376 g/mol. The first-order valence-corrected chi connectivity index (χ1v) is 8.58. The average Bonchev–Trinajstić information content (AvgIpc) is 3.04. The third-order valence-electron chi connectivity index (χ3n) is 4.91. The lowest BCUT2D eigenvalue weighted by molar-refractivity contribution is -0.120. The monoisotopic (exact) mass is 375 g/mol. The number of carbonyl (C=O) groups excluding carboxylic acids is 1. The molecule has 140 valence electrons. The van der Waals surface area contributed by atoms with Gasteiger partial charge in [-0.2, -0.15) is 0 Å². The second-order valence-electron chi connectivity index (χ2n) is 6.53. The van der Waals surface area contributed by atoms with E-state index in [9.17, 15) is 4.79 Å². The fraction of sp³-hybridized carbons (Fsp3) is 0.350. The molecule has 2 aromatic rings. The molecule has 1 fully saturated rings. The number of nitrogens with zero attached hydrogens (tertiary/aromatic N) is 1. The Labute approximate surface area is 160 Å². The van der Waals surface area contributed by atoms with Gasteiger partial charge in [0, 0.05) is 30.7 Å². The molecule has 5 nitrogen and oxygen atoms in total. The van der Waals surface area contributed by atoms with E-state index in [-0.39, 0.29) is 36.3 Å². The molecule has 1 saturated heterocycles. The zero-order valence-corrected chi connectivity index (χ0v) is 15.9. The van der Waals surface area contributed by atoms with Crippen molar-refractivity contribution in [3.05, 3.63) is 60.2 Å². The smallest absolute Gasteiger partial charge is 0.241 e. The molecule has 2 aromatic carbocycles. The minimum absolute atomic E-state index is 0. The number of hydrogen-bond acceptors (Lipinski definition) is 4. The van der Waals surface area contributed by atoms with Crippen LogP contribution in [0.1, 0.15) is 18.4 Å². The molecule has 0 saturated carbocycles. The summed E-state index contributed by atoms with van der Waals surface area (Å²) in [5.74, 6) is 1.01. The van der Waals surface area contributed by atoms with Crippen LogP contribution in [0.4, 0.5) is 5.69 Å². The van der Waals surface area contributed by atoms with E-state index in [2.05, 4.69) is 22.3 Å². The van der Waals surface area contributed by atoms with E-state index in [1.807, 2.05) is 49.4 Å². The zero-order valence-electron chi connectivity index (χ0n) is 15.1. The molecule has 3 atom stereocenters. The summed E-state index contributed by atoms with van der Waals surface area (Å²) < 4.78 is 5.13. The van der Waals surface area contributed by atoms with Crippen LogP contribution in [0.2, 0.25) is 0 Å². The van der Waals surface area contributed by atoms with Crippen LogP contribution in [0.3, 0.4) is 0 Å². The van der Waals surface area contributed by atoms with Gasteiger partial charge in [-0.3, -0.25) is 9.69 Å². The molecular formula is C20H26ClN3O2. The van der Waals surface area contributed by atoms with E-state index in [1.54, 1.807) is 7.11 Å². The first-order valence-electron chi connectivity index (χ1n) is 8.58. The quantitative estimate of drug-likeness (QED) is 0.843. The summed E-state index contributed by atoms with van der Waals surface area (Å²) in [5, 5.41) is 2.96. The van der Waals surface area contributed by atoms with Gasteiger partial charge in [0.25, 0.3) is 0 Å². The highest BCUT2D eigenvalue weighted by Crippen LogP contribution is 2.28. The number of anilines is 1. The van der Waals surface area contributed by atoms with E-state index in [0.29, 0.717) is 0 Å². The Kier molecular flexibility index (Phi) is 7.03. The summed E-state index contributed by atoms with van der Waals surface area (Å²) in [5.41, 5.74) is 8.34. The normalized spacial score (nSPS) is 20.9. The van der Waals surface area contributed by atoms with E-state index < -0.39 is 0 Å². The number of nitrogens with one attached hydrogen (secondary N) is 1. The summed E-state index contributed by atoms with van der Waals surface area (Å²) in [6, 6.07) is 17.4. The molecule has 1 amide bonds. The maximum Gasteiger partial charge on any atom is 0.241 e. The predicted molar refractivity (Wildman–Crippen MR) is 107 cm³/mol. The largest absolute Gasteiger partial charge is 0.497 e. The molecule has 6 heteroatoms. The minimum Gasteiger partial charge on any atom is -0.497 e. The van der Waals surface area contributed by atoms with Gasteiger partial charge in [0.05, 0.1) is 13.2 Å². The molecule has 0 aromatic heterocycles. The van der Waals surface area contributed by atoms with Gasteiger partial charge in [-0.05, 0) is 36.8 Å². The van der Waals surface area contributed by atoms with Gasteiger partial charge < -0.3 is 15.8 Å². The van der Waals surface area contributed by atoms with Crippen molar-refractivity contribution in [3.8, 4) is 5.75 Å². The number of halogens is 1. The third kappa shape index (κ3) is 4.55. The molecule has 1 unspecified atom stereocenters. The summed E-state index contributed by atoms with van der Waals surface area (Å²) in [6.07, 6.45) is 0. The number of rotatable bonds is 5. The molecule has 1 aliphatic heterocycles. The molecule has 3 rings (SSSR count). The SMILES string of the molecule is COc1ccc(NC(=O)C(C)N2C[C@@H](N)[C@H](c3ccccc3)C2)cc1.Cl. The lowest BCUT2D eigenvalue weighted by atomic mass is 9.95. The van der Waals surface area contributed by atoms with Crippen molar-refractivity contribution >= 4 is 24.0 Å². The Morgan fingerprint density at radius 2 is 1.81 bits per heavy atom. The van der Waals surface area contributed by atoms with Crippen LogP contribution in [0.5, 0.6) is 5.75 Å². The minimum atomic E-state index is -0.234. The van der Waals surface area contributed by atoms with Crippen molar-refractivity contribution in [1.82, 2.24) is 4.90 Å². The molecule has 1 heterocycles. The fourth-order valence-corrected chi connectivity index (χ4v) is 3.32. The summed E-state index contributed by atoms with van der Waals surface area (Å²) >= 11 is 0. The van der Waals surface area contributed by atoms with E-state index >= 15 is 0 Å². The second-order valence-corrected chi connectivity index (χ2v) is 6.53. The highest BCUT2D eigenvalue weighted by atomic mass is 35.5. The van der Waals surface area contributed by atoms with Crippen molar-refractivity contribution in [3.63, 3.8) is 0 Å². The predicted octanol–water partition coefficient (Wildman–Crippen LogP) is 2.87. The summed E-state index contributed by atoms with van der Waals surface area (Å²) in [4.78, 5) is 14.7. The Morgan fingerprint density at radius 1 is 1.15 bits per heavy atom. The Hall–Kier alpha value is -2.08. The molecule has 26 heavy (non-hydrogen) atoms. The first-order chi connectivity index (χ1) is 12.1. The van der Waals surface area contributed by atoms with Crippen LogP contribution in [0.25, 0.3) is 0 Å². The number of nitrogens with two attached hydrogens (primary N) is 1. The van der Waals surface area contributed by atoms with Gasteiger partial charge in [0.1, 0.15) is 5.75 Å². The second kappa shape index (κ2) is 9.03. The lowest BCUT2D eigenvalue weighted by Crippen LogP contribution is -2.41. The maximum atomic E-state index is 12.6. The molecule has 0 bridgehead atoms. The number of methoxy groups -OCH3 is 1. The fourth-order valence-electron chi connectivity index (χ4n) is 3.32. The molecular weight excluding hydrogens is 350 g/mol. The van der Waals surface area contributed by atoms with Gasteiger partial charge in [-0.1, -0.05) is 30.3 Å². The van der Waals surface area contributed by atoms with Crippen molar-refractivity contribution < 1.29 is 9.53 Å². The molecule has 0 spiro atoms. The maximum absolute atomic E-state index is 12.6. The number of ether oxygens (including phenoxy) is 1. The Balaban J connectivity index is 0.00000243. The molecule has 3 N–H and O–H groups in total. The first kappa shape index (κ1) is 20.2. The van der Waals surface area contributed by atoms with E-state index in [4.69, 9.17) is 10.5 Å². The topological polar surface area (TPSA) is 67.6 Å². The van der Waals surface area contributed by atoms with Crippen LogP contribution < -0.4 is 15.8 Å². The van der Waals surface area contributed by atoms with Gasteiger partial charge in [-0.15, -0.1) is 12.4 Å². The Bertz CT molecular complexity index is 709. The van der Waals surface area contributed by atoms with Crippen LogP contribution in [0, 0.1) is 0 Å². The van der Waals surface area contributed by atoms with E-state index in [1.165, 1.54) is 5.56 Å². The third-order valence-corrected chi connectivity index (χ3v) is 4.91. The lowest BCUT2D eigenvalue weighted by Gasteiger charge is -2.23. The Morgan fingerprint density at radius 3 is 2.42 bits per heavy atom. The van der Waals surface area contributed by atoms with E-state index in [0.717, 1.165) is 24.5 Å². The van der Waals surface area contributed by atoms with Crippen LogP contribution in [0.15, 0.2) is 54.6 Å². The molecule has 1 aliphatic rings. The van der Waals surface area contributed by atoms with Gasteiger partial charge >= 0.3 is 0 Å². The number of hydrogen-bond donors (Lipinski definition) is 2. The van der Waals surface area contributed by atoms with Crippen LogP contribution in [-0.4, -0.2) is 43.1 Å². The van der Waals surface area contributed by atoms with Gasteiger partial charge in [0.2, 0.25) is 5.91 Å². The number of benzene rings is 2. The van der Waals surface area contributed by atoms with Crippen LogP contribution in [-0.2, 0) is 4.79 Å². The van der Waals surface area contributed by atoms with Crippen LogP contribution >= 0.6 is 12.4 Å². The van der Waals surface area contributed by atoms with Crippen molar-refractivity contribution in [2.24, 2.45) is 5.73 Å². The number of carbonyl (C=O) groups is 1. The molecule has 0 aliphatic carbocycles. The summed E-state index contributed by atoms with van der Waals surface area (Å²) in [7, 11) is 1.62. The standard InChI is InChI=1S/C20H25N3O2.ClH/c1-14(20(24)22-16-8-10-17(25-2)11-9-16)23-12-18(19(21)13-23)15-6-4-3-5-7-15;/h3-11,14,18-19H,12-13,21H2,1-2H3,(H,22,24);1H/t14?,18-,19+;/m0./s1. The van der Waals surface area contributed by atoms with Gasteiger partial charge in [-0.25, -0.2) is 0 Å². The highest BCUT2D eigenvalue weighted by Gasteiger charge is 2.35. The highest BCUT2D eigenvalue weighted by molar-refractivity contribution is 5.94. The van der Waals surface area contributed by atoms with Gasteiger partial charge in [0.15, 0.2) is 0 Å². The van der Waals surface area contributed by atoms with Crippen molar-refractivity contribution in [2.45, 2.75) is 24.9 Å².